The molecule has 0 N–H and O–H groups in total. The first kappa shape index (κ1) is 9.57. The van der Waals surface area contributed by atoms with Crippen LogP contribution in [0.2, 0.25) is 0 Å². The van der Waals surface area contributed by atoms with E-state index in [2.05, 4.69) is 45.9 Å². The molecule has 12 heavy (non-hydrogen) atoms. The summed E-state index contributed by atoms with van der Waals surface area (Å²) in [6.45, 7) is 9.08. The summed E-state index contributed by atoms with van der Waals surface area (Å²) in [5, 5.41) is 0. The largest absolute Gasteiger partial charge is 0.0766 e. The molecule has 0 aromatic carbocycles. The fourth-order valence-corrected chi connectivity index (χ4v) is 1.42. The standard InChI is InChI=1S/C12H19/c1-5-10-7-6-8-11(9-10)12(2,3)4/h6-8H,5,9H2,1-4H3. The van der Waals surface area contributed by atoms with Gasteiger partial charge < -0.3 is 0 Å². The van der Waals surface area contributed by atoms with Crippen LogP contribution < -0.4 is 0 Å². The SMILES string of the molecule is CCC1=CC=C[C](C(C)(C)C)C1. The third-order valence-electron chi connectivity index (χ3n) is 2.46. The molecule has 0 saturated carbocycles. The first-order chi connectivity index (χ1) is 5.54. The van der Waals surface area contributed by atoms with Crippen molar-refractivity contribution in [2.75, 3.05) is 0 Å². The Morgan fingerprint density at radius 2 is 2.00 bits per heavy atom. The minimum absolute atomic E-state index is 0.338. The van der Waals surface area contributed by atoms with Crippen molar-refractivity contribution in [3.8, 4) is 0 Å². The van der Waals surface area contributed by atoms with E-state index in [9.17, 15) is 0 Å². The minimum Gasteiger partial charge on any atom is -0.0766 e. The summed E-state index contributed by atoms with van der Waals surface area (Å²) >= 11 is 0. The van der Waals surface area contributed by atoms with Gasteiger partial charge in [0.25, 0.3) is 0 Å². The Kier molecular flexibility index (Phi) is 2.76. The fourth-order valence-electron chi connectivity index (χ4n) is 1.42. The summed E-state index contributed by atoms with van der Waals surface area (Å²) in [5.41, 5.74) is 1.90. The lowest BCUT2D eigenvalue weighted by Gasteiger charge is -2.29. The Hall–Kier alpha value is -0.520. The van der Waals surface area contributed by atoms with E-state index in [1.807, 2.05) is 0 Å². The fraction of sp³-hybridized carbons (Fsp3) is 0.583. The Morgan fingerprint density at radius 1 is 1.33 bits per heavy atom. The van der Waals surface area contributed by atoms with Gasteiger partial charge in [0, 0.05) is 5.92 Å². The highest BCUT2D eigenvalue weighted by molar-refractivity contribution is 5.32. The van der Waals surface area contributed by atoms with Crippen LogP contribution in [0.5, 0.6) is 0 Å². The van der Waals surface area contributed by atoms with Crippen molar-refractivity contribution in [3.05, 3.63) is 29.7 Å². The number of allylic oxidation sites excluding steroid dienone is 4. The summed E-state index contributed by atoms with van der Waals surface area (Å²) in [7, 11) is 0. The van der Waals surface area contributed by atoms with Gasteiger partial charge in [0.1, 0.15) is 0 Å². The average molecular weight is 163 g/mol. The quantitative estimate of drug-likeness (QED) is 0.550. The Balaban J connectivity index is 2.65. The Morgan fingerprint density at radius 3 is 2.50 bits per heavy atom. The van der Waals surface area contributed by atoms with E-state index in [4.69, 9.17) is 0 Å². The molecule has 0 spiro atoms. The summed E-state index contributed by atoms with van der Waals surface area (Å²) in [6.07, 6.45) is 9.05. The lowest BCUT2D eigenvalue weighted by molar-refractivity contribution is 0.438. The van der Waals surface area contributed by atoms with Gasteiger partial charge in [0.2, 0.25) is 0 Å². The number of hydrogen-bond acceptors (Lipinski definition) is 0. The average Bonchev–Trinajstić information content (AvgIpc) is 2.03. The molecule has 1 rings (SSSR count). The van der Waals surface area contributed by atoms with Gasteiger partial charge >= 0.3 is 0 Å². The van der Waals surface area contributed by atoms with Gasteiger partial charge in [-0.2, -0.15) is 0 Å². The number of hydrogen-bond donors (Lipinski definition) is 0. The molecule has 0 bridgehead atoms. The van der Waals surface area contributed by atoms with Crippen LogP contribution in [0.4, 0.5) is 0 Å². The zero-order chi connectivity index (χ0) is 9.19. The van der Waals surface area contributed by atoms with Crippen LogP contribution in [-0.2, 0) is 0 Å². The van der Waals surface area contributed by atoms with Crippen LogP contribution >= 0.6 is 0 Å². The van der Waals surface area contributed by atoms with Crippen molar-refractivity contribution in [1.29, 1.82) is 0 Å². The second-order valence-corrected chi connectivity index (χ2v) is 4.49. The van der Waals surface area contributed by atoms with Crippen LogP contribution in [-0.4, -0.2) is 0 Å². The molecular formula is C12H19. The summed E-state index contributed by atoms with van der Waals surface area (Å²) < 4.78 is 0. The molecule has 0 heterocycles. The van der Waals surface area contributed by atoms with Crippen molar-refractivity contribution in [1.82, 2.24) is 0 Å². The van der Waals surface area contributed by atoms with Crippen molar-refractivity contribution >= 4 is 0 Å². The van der Waals surface area contributed by atoms with E-state index in [-0.39, 0.29) is 0 Å². The summed E-state index contributed by atoms with van der Waals surface area (Å²) in [4.78, 5) is 0. The molecule has 0 unspecified atom stereocenters. The molecule has 1 radical (unpaired) electrons. The summed E-state index contributed by atoms with van der Waals surface area (Å²) in [5.74, 6) is 1.56. The monoisotopic (exact) mass is 163 g/mol. The molecule has 0 fully saturated rings. The second kappa shape index (κ2) is 3.47. The highest BCUT2D eigenvalue weighted by Gasteiger charge is 2.24. The van der Waals surface area contributed by atoms with Gasteiger partial charge in [-0.05, 0) is 18.3 Å². The molecule has 1 aliphatic rings. The van der Waals surface area contributed by atoms with Gasteiger partial charge in [-0.25, -0.2) is 0 Å². The van der Waals surface area contributed by atoms with Crippen LogP contribution in [0.1, 0.15) is 40.5 Å². The predicted octanol–water partition coefficient (Wildman–Crippen LogP) is 3.90. The van der Waals surface area contributed by atoms with Gasteiger partial charge in [0.15, 0.2) is 0 Å². The van der Waals surface area contributed by atoms with E-state index in [0.717, 1.165) is 0 Å². The molecule has 0 atom stereocenters. The molecule has 0 aliphatic heterocycles. The van der Waals surface area contributed by atoms with Crippen LogP contribution in [0, 0.1) is 11.3 Å². The van der Waals surface area contributed by atoms with Crippen molar-refractivity contribution in [2.45, 2.75) is 40.5 Å². The van der Waals surface area contributed by atoms with E-state index in [1.165, 1.54) is 12.8 Å². The molecule has 0 aromatic rings. The first-order valence-electron chi connectivity index (χ1n) is 4.76. The lowest BCUT2D eigenvalue weighted by atomic mass is 9.75. The maximum Gasteiger partial charge on any atom is 0.00696 e. The Bertz CT molecular complexity index is 201. The molecular weight excluding hydrogens is 144 g/mol. The topological polar surface area (TPSA) is 0 Å². The molecule has 0 amide bonds. The highest BCUT2D eigenvalue weighted by Crippen LogP contribution is 2.36. The lowest BCUT2D eigenvalue weighted by Crippen LogP contribution is -2.18. The van der Waals surface area contributed by atoms with Crippen LogP contribution in [0.15, 0.2) is 23.8 Å². The first-order valence-corrected chi connectivity index (χ1v) is 4.76. The van der Waals surface area contributed by atoms with Gasteiger partial charge in [-0.15, -0.1) is 0 Å². The minimum atomic E-state index is 0.338. The highest BCUT2D eigenvalue weighted by atomic mass is 14.3. The number of rotatable bonds is 1. The third kappa shape index (κ3) is 2.23. The molecule has 67 valence electrons. The van der Waals surface area contributed by atoms with E-state index in [0.29, 0.717) is 5.41 Å². The van der Waals surface area contributed by atoms with E-state index in [1.54, 1.807) is 11.5 Å². The Labute approximate surface area is 76.4 Å². The molecule has 1 aliphatic carbocycles. The molecule has 0 saturated heterocycles. The third-order valence-corrected chi connectivity index (χ3v) is 2.46. The molecule has 0 heteroatoms. The second-order valence-electron chi connectivity index (χ2n) is 4.49. The predicted molar refractivity (Wildman–Crippen MR) is 54.8 cm³/mol. The van der Waals surface area contributed by atoms with Crippen LogP contribution in [0.25, 0.3) is 0 Å². The van der Waals surface area contributed by atoms with E-state index >= 15 is 0 Å². The van der Waals surface area contributed by atoms with Crippen molar-refractivity contribution in [2.24, 2.45) is 5.41 Å². The molecule has 0 aromatic heterocycles. The van der Waals surface area contributed by atoms with Gasteiger partial charge in [0.05, 0.1) is 0 Å². The van der Waals surface area contributed by atoms with Crippen molar-refractivity contribution in [3.63, 3.8) is 0 Å². The molecule has 0 nitrogen and oxygen atoms in total. The van der Waals surface area contributed by atoms with Gasteiger partial charge in [-0.3, -0.25) is 0 Å². The van der Waals surface area contributed by atoms with Gasteiger partial charge in [-0.1, -0.05) is 51.5 Å². The zero-order valence-corrected chi connectivity index (χ0v) is 8.65. The maximum absolute atomic E-state index is 2.28. The van der Waals surface area contributed by atoms with Crippen molar-refractivity contribution < 1.29 is 0 Å². The summed E-state index contributed by atoms with van der Waals surface area (Å²) in [6, 6.07) is 0. The smallest absolute Gasteiger partial charge is 0.00696 e. The zero-order valence-electron chi connectivity index (χ0n) is 8.65. The normalized spacial score (nSPS) is 19.5. The maximum atomic E-state index is 2.28. The van der Waals surface area contributed by atoms with E-state index < -0.39 is 0 Å². The van der Waals surface area contributed by atoms with Crippen LogP contribution in [0.3, 0.4) is 0 Å².